The van der Waals surface area contributed by atoms with E-state index in [0.717, 1.165) is 12.1 Å². The van der Waals surface area contributed by atoms with Crippen molar-refractivity contribution in [2.24, 2.45) is 0 Å². The van der Waals surface area contributed by atoms with Crippen molar-refractivity contribution < 1.29 is 9.90 Å². The van der Waals surface area contributed by atoms with Crippen LogP contribution in [0.4, 0.5) is 0 Å². The summed E-state index contributed by atoms with van der Waals surface area (Å²) in [5.41, 5.74) is 0.857. The van der Waals surface area contributed by atoms with E-state index in [9.17, 15) is 4.79 Å². The van der Waals surface area contributed by atoms with Crippen LogP contribution in [0.15, 0.2) is 33.5 Å². The highest BCUT2D eigenvalue weighted by Gasteiger charge is 2.37. The lowest BCUT2D eigenvalue weighted by Gasteiger charge is -2.17. The number of hydrogen-bond donors (Lipinski definition) is 2. The quantitative estimate of drug-likeness (QED) is 0.762. The van der Waals surface area contributed by atoms with E-state index in [1.807, 2.05) is 13.0 Å². The first-order valence-corrected chi connectivity index (χ1v) is 6.25. The van der Waals surface area contributed by atoms with Crippen LogP contribution in [-0.2, 0) is 4.79 Å². The van der Waals surface area contributed by atoms with Crippen LogP contribution in [-0.4, -0.2) is 15.3 Å². The minimum absolute atomic E-state index is 0.0679. The van der Waals surface area contributed by atoms with Gasteiger partial charge < -0.3 is 10.4 Å². The second kappa shape index (κ2) is 4.02. The topological polar surface area (TPSA) is 49.3 Å². The maximum absolute atomic E-state index is 10.9. The molecule has 6 heteroatoms. The van der Waals surface area contributed by atoms with Gasteiger partial charge in [0.05, 0.1) is 21.2 Å². The van der Waals surface area contributed by atoms with Crippen LogP contribution in [0.3, 0.4) is 0 Å². The van der Waals surface area contributed by atoms with Gasteiger partial charge in [0, 0.05) is 6.20 Å². The van der Waals surface area contributed by atoms with Crippen LogP contribution < -0.4 is 5.32 Å². The molecular formula is C10H9Cl2NO2S. The first-order valence-electron chi connectivity index (χ1n) is 4.68. The molecule has 0 spiro atoms. The fourth-order valence-electron chi connectivity index (χ4n) is 1.47. The van der Waals surface area contributed by atoms with Crippen LogP contribution in [0.2, 0.25) is 0 Å². The number of hydrogen-bond acceptors (Lipinski definition) is 3. The second-order valence-corrected chi connectivity index (χ2v) is 6.07. The van der Waals surface area contributed by atoms with E-state index in [-0.39, 0.29) is 10.6 Å². The molecule has 2 N–H and O–H groups in total. The van der Waals surface area contributed by atoms with E-state index < -0.39 is 10.2 Å². The molecule has 2 aliphatic heterocycles. The fraction of sp³-hybridized carbons (Fsp3) is 0.300. The molecule has 1 atom stereocenters. The summed E-state index contributed by atoms with van der Waals surface area (Å²) < 4.78 is -0.528. The van der Waals surface area contributed by atoms with Crippen molar-refractivity contribution in [1.29, 1.82) is 0 Å². The summed E-state index contributed by atoms with van der Waals surface area (Å²) in [6, 6.07) is 0. The SMILES string of the molecule is CCC1(Cl)C=C2NC=C(C(=O)O)C(Cl)=C2S1. The molecule has 1 unspecified atom stereocenters. The lowest BCUT2D eigenvalue weighted by molar-refractivity contribution is -0.132. The summed E-state index contributed by atoms with van der Waals surface area (Å²) in [7, 11) is 0. The molecule has 0 saturated carbocycles. The minimum atomic E-state index is -1.05. The summed E-state index contributed by atoms with van der Waals surface area (Å²) in [6.45, 7) is 1.97. The molecule has 2 rings (SSSR count). The molecule has 0 bridgehead atoms. The Hall–Kier alpha value is -0.580. The van der Waals surface area contributed by atoms with Crippen LogP contribution in [0.1, 0.15) is 13.3 Å². The van der Waals surface area contributed by atoms with E-state index in [4.69, 9.17) is 28.3 Å². The summed E-state index contributed by atoms with van der Waals surface area (Å²) >= 11 is 13.7. The summed E-state index contributed by atoms with van der Waals surface area (Å²) in [6.07, 6.45) is 3.99. The number of carboxylic acids is 1. The smallest absolute Gasteiger partial charge is 0.338 e. The normalized spacial score (nSPS) is 28.2. The molecule has 3 nitrogen and oxygen atoms in total. The average Bonchev–Trinajstić information content (AvgIpc) is 2.57. The highest BCUT2D eigenvalue weighted by molar-refractivity contribution is 8.06. The number of rotatable bonds is 2. The van der Waals surface area contributed by atoms with Crippen molar-refractivity contribution in [3.05, 3.63) is 33.5 Å². The zero-order valence-corrected chi connectivity index (χ0v) is 10.7. The van der Waals surface area contributed by atoms with Gasteiger partial charge in [0.2, 0.25) is 0 Å². The van der Waals surface area contributed by atoms with E-state index in [1.165, 1.54) is 18.0 Å². The first-order chi connectivity index (χ1) is 7.47. The predicted molar refractivity (Wildman–Crippen MR) is 66.3 cm³/mol. The molecule has 0 amide bonds. The van der Waals surface area contributed by atoms with Crippen LogP contribution in [0.5, 0.6) is 0 Å². The molecule has 0 fully saturated rings. The van der Waals surface area contributed by atoms with Gasteiger partial charge in [-0.2, -0.15) is 0 Å². The van der Waals surface area contributed by atoms with Gasteiger partial charge in [-0.1, -0.05) is 30.3 Å². The Bertz CT molecular complexity index is 456. The third kappa shape index (κ3) is 1.85. The molecular weight excluding hydrogens is 269 g/mol. The maximum Gasteiger partial charge on any atom is 0.338 e. The zero-order valence-electron chi connectivity index (χ0n) is 8.38. The van der Waals surface area contributed by atoms with Crippen LogP contribution >= 0.6 is 35.0 Å². The Morgan fingerprint density at radius 3 is 2.94 bits per heavy atom. The Labute approximate surface area is 107 Å². The molecule has 2 heterocycles. The molecule has 0 radical (unpaired) electrons. The number of thioether (sulfide) groups is 1. The molecule has 86 valence electrons. The molecule has 0 aromatic rings. The van der Waals surface area contributed by atoms with Gasteiger partial charge >= 0.3 is 5.97 Å². The Morgan fingerprint density at radius 2 is 2.38 bits per heavy atom. The van der Waals surface area contributed by atoms with Gasteiger partial charge in [-0.05, 0) is 12.5 Å². The van der Waals surface area contributed by atoms with E-state index in [0.29, 0.717) is 4.91 Å². The number of aliphatic carboxylic acids is 1. The molecule has 0 saturated heterocycles. The Morgan fingerprint density at radius 1 is 1.69 bits per heavy atom. The molecule has 0 aromatic carbocycles. The van der Waals surface area contributed by atoms with Gasteiger partial charge in [-0.15, -0.1) is 11.6 Å². The van der Waals surface area contributed by atoms with Gasteiger partial charge in [0.1, 0.15) is 4.21 Å². The number of carbonyl (C=O) groups is 1. The summed E-state index contributed by atoms with van der Waals surface area (Å²) in [4.78, 5) is 11.6. The van der Waals surface area contributed by atoms with E-state index in [2.05, 4.69) is 5.32 Å². The van der Waals surface area contributed by atoms with Gasteiger partial charge in [-0.3, -0.25) is 0 Å². The van der Waals surface area contributed by atoms with Crippen molar-refractivity contribution in [1.82, 2.24) is 5.32 Å². The van der Waals surface area contributed by atoms with E-state index >= 15 is 0 Å². The zero-order chi connectivity index (χ0) is 11.9. The highest BCUT2D eigenvalue weighted by Crippen LogP contribution is 2.52. The fourth-order valence-corrected chi connectivity index (χ4v) is 3.25. The lowest BCUT2D eigenvalue weighted by Crippen LogP contribution is -2.16. The molecule has 0 aromatic heterocycles. The maximum atomic E-state index is 10.9. The number of alkyl halides is 1. The van der Waals surface area contributed by atoms with Crippen molar-refractivity contribution in [3.8, 4) is 0 Å². The largest absolute Gasteiger partial charge is 0.478 e. The van der Waals surface area contributed by atoms with E-state index in [1.54, 1.807) is 0 Å². The third-order valence-electron chi connectivity index (χ3n) is 2.40. The standard InChI is InChI=1S/C10H9Cl2NO2S/c1-2-10(12)3-6-8(16-10)7(11)5(4-13-6)9(14)15/h3-4,13H,2H2,1H3,(H,14,15). The third-order valence-corrected chi connectivity index (χ3v) is 4.88. The number of dihydropyridines is 1. The lowest BCUT2D eigenvalue weighted by atomic mass is 10.1. The van der Waals surface area contributed by atoms with Crippen LogP contribution in [0, 0.1) is 0 Å². The summed E-state index contributed by atoms with van der Waals surface area (Å²) in [5, 5.41) is 12.1. The predicted octanol–water partition coefficient (Wildman–Crippen LogP) is 2.98. The number of nitrogens with one attached hydrogen (secondary N) is 1. The number of carboxylic acid groups (broad SMARTS) is 1. The second-order valence-electron chi connectivity index (χ2n) is 3.45. The Kier molecular flexibility index (Phi) is 2.99. The Balaban J connectivity index is 2.41. The van der Waals surface area contributed by atoms with Gasteiger partial charge in [0.25, 0.3) is 0 Å². The minimum Gasteiger partial charge on any atom is -0.478 e. The van der Waals surface area contributed by atoms with Crippen LogP contribution in [0.25, 0.3) is 0 Å². The number of halogens is 2. The van der Waals surface area contributed by atoms with Crippen molar-refractivity contribution in [2.45, 2.75) is 17.6 Å². The van der Waals surface area contributed by atoms with Crippen molar-refractivity contribution in [2.75, 3.05) is 0 Å². The highest BCUT2D eigenvalue weighted by atomic mass is 35.5. The van der Waals surface area contributed by atoms with Crippen molar-refractivity contribution >= 4 is 40.9 Å². The molecule has 16 heavy (non-hydrogen) atoms. The average molecular weight is 278 g/mol. The molecule has 0 aliphatic carbocycles. The monoisotopic (exact) mass is 277 g/mol. The van der Waals surface area contributed by atoms with Gasteiger partial charge in [-0.25, -0.2) is 4.79 Å². The first kappa shape index (κ1) is 11.9. The van der Waals surface area contributed by atoms with Crippen molar-refractivity contribution in [3.63, 3.8) is 0 Å². The van der Waals surface area contributed by atoms with Gasteiger partial charge in [0.15, 0.2) is 0 Å². The molecule has 2 aliphatic rings. The number of fused-ring (bicyclic) bond motifs is 1. The summed E-state index contributed by atoms with van der Waals surface area (Å²) in [5.74, 6) is -1.05.